The van der Waals surface area contributed by atoms with Crippen LogP contribution in [0.1, 0.15) is 25.7 Å². The molecule has 4 rings (SSSR count). The summed E-state index contributed by atoms with van der Waals surface area (Å²) in [5.41, 5.74) is 2.95. The van der Waals surface area contributed by atoms with Gasteiger partial charge in [-0.05, 0) is 24.5 Å². The van der Waals surface area contributed by atoms with Crippen molar-refractivity contribution in [3.05, 3.63) is 54.6 Å². The third-order valence-corrected chi connectivity index (χ3v) is 6.44. The molecule has 0 saturated carbocycles. The lowest BCUT2D eigenvalue weighted by molar-refractivity contribution is -0.133. The van der Waals surface area contributed by atoms with E-state index in [2.05, 4.69) is 27.2 Å². The highest BCUT2D eigenvalue weighted by molar-refractivity contribution is 5.96. The lowest BCUT2D eigenvalue weighted by atomic mass is 10.0. The van der Waals surface area contributed by atoms with E-state index in [0.717, 1.165) is 68.9 Å². The quantitative estimate of drug-likeness (QED) is 0.758. The fourth-order valence-corrected chi connectivity index (χ4v) is 4.57. The van der Waals surface area contributed by atoms with E-state index < -0.39 is 0 Å². The van der Waals surface area contributed by atoms with Crippen LogP contribution in [0.15, 0.2) is 54.6 Å². The SMILES string of the molecule is O=C(CN1CCN(CC(=O)N2CCCCCC2)CC1)Nc1ccccc1-c1ccccc1. The maximum atomic E-state index is 12.7. The van der Waals surface area contributed by atoms with Crippen molar-refractivity contribution in [3.63, 3.8) is 0 Å². The van der Waals surface area contributed by atoms with E-state index in [4.69, 9.17) is 0 Å². The van der Waals surface area contributed by atoms with Gasteiger partial charge in [0.2, 0.25) is 11.8 Å². The average Bonchev–Trinajstić information content (AvgIpc) is 3.11. The summed E-state index contributed by atoms with van der Waals surface area (Å²) in [5, 5.41) is 3.09. The summed E-state index contributed by atoms with van der Waals surface area (Å²) in [5.74, 6) is 0.262. The Morgan fingerprint density at radius 2 is 1.28 bits per heavy atom. The molecule has 0 spiro atoms. The molecule has 6 heteroatoms. The van der Waals surface area contributed by atoms with Crippen LogP contribution >= 0.6 is 0 Å². The van der Waals surface area contributed by atoms with Crippen LogP contribution in [-0.2, 0) is 9.59 Å². The second-order valence-corrected chi connectivity index (χ2v) is 8.81. The first-order valence-corrected chi connectivity index (χ1v) is 11.9. The molecule has 0 radical (unpaired) electrons. The van der Waals surface area contributed by atoms with Crippen LogP contribution in [0.25, 0.3) is 11.1 Å². The Balaban J connectivity index is 1.24. The molecule has 2 aromatic carbocycles. The van der Waals surface area contributed by atoms with Gasteiger partial charge in [-0.25, -0.2) is 0 Å². The van der Waals surface area contributed by atoms with Crippen molar-refractivity contribution in [3.8, 4) is 11.1 Å². The Kier molecular flexibility index (Phi) is 7.91. The van der Waals surface area contributed by atoms with Gasteiger partial charge in [-0.15, -0.1) is 0 Å². The third kappa shape index (κ3) is 6.17. The Hall–Kier alpha value is -2.70. The zero-order valence-electron chi connectivity index (χ0n) is 18.8. The van der Waals surface area contributed by atoms with Crippen molar-refractivity contribution in [2.24, 2.45) is 0 Å². The van der Waals surface area contributed by atoms with Gasteiger partial charge in [-0.1, -0.05) is 61.4 Å². The van der Waals surface area contributed by atoms with Crippen LogP contribution in [0.3, 0.4) is 0 Å². The van der Waals surface area contributed by atoms with Crippen molar-refractivity contribution in [1.82, 2.24) is 14.7 Å². The molecule has 2 amide bonds. The van der Waals surface area contributed by atoms with Gasteiger partial charge in [0, 0.05) is 50.5 Å². The monoisotopic (exact) mass is 434 g/mol. The number of piperazine rings is 1. The summed E-state index contributed by atoms with van der Waals surface area (Å²) in [6.45, 7) is 5.96. The fourth-order valence-electron chi connectivity index (χ4n) is 4.57. The molecule has 0 atom stereocenters. The van der Waals surface area contributed by atoms with Gasteiger partial charge in [0.05, 0.1) is 13.1 Å². The highest BCUT2D eigenvalue weighted by Crippen LogP contribution is 2.27. The minimum Gasteiger partial charge on any atom is -0.342 e. The molecule has 32 heavy (non-hydrogen) atoms. The van der Waals surface area contributed by atoms with E-state index in [1.165, 1.54) is 12.8 Å². The molecule has 2 fully saturated rings. The van der Waals surface area contributed by atoms with Crippen LogP contribution in [0.5, 0.6) is 0 Å². The molecular weight excluding hydrogens is 400 g/mol. The van der Waals surface area contributed by atoms with E-state index in [-0.39, 0.29) is 11.8 Å². The molecule has 6 nitrogen and oxygen atoms in total. The number of carbonyl (C=O) groups excluding carboxylic acids is 2. The van der Waals surface area contributed by atoms with Crippen molar-refractivity contribution in [1.29, 1.82) is 0 Å². The van der Waals surface area contributed by atoms with Crippen molar-refractivity contribution in [2.75, 3.05) is 57.7 Å². The van der Waals surface area contributed by atoms with Crippen molar-refractivity contribution in [2.45, 2.75) is 25.7 Å². The van der Waals surface area contributed by atoms with Gasteiger partial charge in [0.15, 0.2) is 0 Å². The molecule has 170 valence electrons. The Morgan fingerprint density at radius 1 is 0.688 bits per heavy atom. The zero-order valence-corrected chi connectivity index (χ0v) is 18.8. The van der Waals surface area contributed by atoms with Crippen LogP contribution in [-0.4, -0.2) is 78.9 Å². The molecule has 2 aromatic rings. The number of carbonyl (C=O) groups is 2. The average molecular weight is 435 g/mol. The van der Waals surface area contributed by atoms with Crippen molar-refractivity contribution < 1.29 is 9.59 Å². The fraction of sp³-hybridized carbons (Fsp3) is 0.462. The Labute approximate surface area is 191 Å². The van der Waals surface area contributed by atoms with Gasteiger partial charge in [0.25, 0.3) is 0 Å². The number of nitrogens with one attached hydrogen (secondary N) is 1. The number of amides is 2. The highest BCUT2D eigenvalue weighted by atomic mass is 16.2. The normalized spacial score (nSPS) is 18.2. The Morgan fingerprint density at radius 3 is 1.97 bits per heavy atom. The topological polar surface area (TPSA) is 55.9 Å². The molecule has 0 bridgehead atoms. The summed E-state index contributed by atoms with van der Waals surface area (Å²) in [4.78, 5) is 31.8. The van der Waals surface area contributed by atoms with Gasteiger partial charge >= 0.3 is 0 Å². The highest BCUT2D eigenvalue weighted by Gasteiger charge is 2.23. The molecule has 0 aliphatic carbocycles. The van der Waals surface area contributed by atoms with Gasteiger partial charge in [-0.3, -0.25) is 19.4 Å². The predicted octanol–water partition coefficient (Wildman–Crippen LogP) is 3.31. The minimum absolute atomic E-state index is 0.00229. The third-order valence-electron chi connectivity index (χ3n) is 6.44. The summed E-state index contributed by atoms with van der Waals surface area (Å²) < 4.78 is 0. The molecule has 2 heterocycles. The van der Waals surface area contributed by atoms with E-state index in [1.54, 1.807) is 0 Å². The molecule has 0 unspecified atom stereocenters. The number of likely N-dealkylation sites (tertiary alicyclic amines) is 1. The molecule has 1 N–H and O–H groups in total. The number of benzene rings is 2. The number of nitrogens with zero attached hydrogens (tertiary/aromatic N) is 3. The number of anilines is 1. The van der Waals surface area contributed by atoms with E-state index >= 15 is 0 Å². The van der Waals surface area contributed by atoms with Gasteiger partial charge in [0.1, 0.15) is 0 Å². The van der Waals surface area contributed by atoms with Crippen LogP contribution in [0, 0.1) is 0 Å². The molecule has 2 aliphatic rings. The molecule has 0 aromatic heterocycles. The maximum absolute atomic E-state index is 12.7. The van der Waals surface area contributed by atoms with E-state index in [0.29, 0.717) is 13.1 Å². The first-order valence-electron chi connectivity index (χ1n) is 11.9. The molecular formula is C26H34N4O2. The molecule has 2 aliphatic heterocycles. The van der Waals surface area contributed by atoms with E-state index in [1.807, 2.05) is 47.4 Å². The van der Waals surface area contributed by atoms with Crippen LogP contribution in [0.4, 0.5) is 5.69 Å². The van der Waals surface area contributed by atoms with Gasteiger partial charge in [-0.2, -0.15) is 0 Å². The summed E-state index contributed by atoms with van der Waals surface area (Å²) >= 11 is 0. The van der Waals surface area contributed by atoms with Gasteiger partial charge < -0.3 is 10.2 Å². The lowest BCUT2D eigenvalue weighted by Crippen LogP contribution is -2.51. The second-order valence-electron chi connectivity index (χ2n) is 8.81. The number of hydrogen-bond donors (Lipinski definition) is 1. The number of para-hydroxylation sites is 1. The standard InChI is InChI=1S/C26H34N4O2/c31-25(27-24-13-7-6-12-23(24)22-10-4-3-5-11-22)20-28-16-18-29(19-17-28)21-26(32)30-14-8-1-2-9-15-30/h3-7,10-13H,1-2,8-9,14-21H2,(H,27,31). The second kappa shape index (κ2) is 11.2. The number of rotatable bonds is 6. The Bertz CT molecular complexity index is 886. The number of hydrogen-bond acceptors (Lipinski definition) is 4. The largest absolute Gasteiger partial charge is 0.342 e. The predicted molar refractivity (Wildman–Crippen MR) is 128 cm³/mol. The van der Waals surface area contributed by atoms with Crippen LogP contribution < -0.4 is 5.32 Å². The van der Waals surface area contributed by atoms with Crippen LogP contribution in [0.2, 0.25) is 0 Å². The zero-order chi connectivity index (χ0) is 22.2. The summed E-state index contributed by atoms with van der Waals surface area (Å²) in [7, 11) is 0. The first-order chi connectivity index (χ1) is 15.7. The lowest BCUT2D eigenvalue weighted by Gasteiger charge is -2.35. The first kappa shape index (κ1) is 22.5. The minimum atomic E-state index is 0.00229. The van der Waals surface area contributed by atoms with Crippen molar-refractivity contribution >= 4 is 17.5 Å². The summed E-state index contributed by atoms with van der Waals surface area (Å²) in [6.07, 6.45) is 4.73. The maximum Gasteiger partial charge on any atom is 0.238 e. The smallest absolute Gasteiger partial charge is 0.238 e. The molecule has 2 saturated heterocycles. The summed E-state index contributed by atoms with van der Waals surface area (Å²) in [6, 6.07) is 18.0. The van der Waals surface area contributed by atoms with E-state index in [9.17, 15) is 9.59 Å².